The first-order chi connectivity index (χ1) is 8.84. The largest absolute Gasteiger partial charge is 0.314 e. The molecule has 1 heterocycles. The van der Waals surface area contributed by atoms with Gasteiger partial charge >= 0.3 is 0 Å². The number of hydrogen-bond donors (Lipinski definition) is 1. The molecule has 0 bridgehead atoms. The maximum Gasteiger partial charge on any atom is 0.0288 e. The van der Waals surface area contributed by atoms with Crippen molar-refractivity contribution < 1.29 is 5.21 Å². The Hall–Kier alpha value is -1.64. The van der Waals surface area contributed by atoms with Crippen LogP contribution in [0.3, 0.4) is 0 Å². The lowest BCUT2D eigenvalue weighted by Gasteiger charge is -2.40. The maximum atomic E-state index is 9.39. The van der Waals surface area contributed by atoms with Crippen LogP contribution in [0.5, 0.6) is 0 Å². The molecule has 2 nitrogen and oxygen atoms in total. The van der Waals surface area contributed by atoms with E-state index in [0.717, 1.165) is 13.1 Å². The van der Waals surface area contributed by atoms with E-state index in [1.165, 1.54) is 16.2 Å². The highest BCUT2D eigenvalue weighted by molar-refractivity contribution is 5.34. The Labute approximate surface area is 107 Å². The molecule has 3 rings (SSSR count). The summed E-state index contributed by atoms with van der Waals surface area (Å²) >= 11 is 0. The zero-order valence-electron chi connectivity index (χ0n) is 10.2. The standard InChI is InChI=1S/C16H17NO/c18-17-11-15(12-17)16(13-7-3-1-4-8-13)14-9-5-2-6-10-14/h1-10,15-16,18H,11-12H2. The molecule has 0 unspecified atom stereocenters. The van der Waals surface area contributed by atoms with Crippen LogP contribution in [0.4, 0.5) is 0 Å². The fourth-order valence-electron chi connectivity index (χ4n) is 2.76. The van der Waals surface area contributed by atoms with E-state index in [0.29, 0.717) is 11.8 Å². The molecule has 2 heteroatoms. The van der Waals surface area contributed by atoms with Gasteiger partial charge in [0, 0.05) is 19.0 Å². The van der Waals surface area contributed by atoms with Crippen LogP contribution in [-0.4, -0.2) is 23.4 Å². The van der Waals surface area contributed by atoms with Gasteiger partial charge in [0.25, 0.3) is 0 Å². The third-order valence-electron chi connectivity index (χ3n) is 3.68. The lowest BCUT2D eigenvalue weighted by molar-refractivity contribution is -0.170. The molecule has 0 aliphatic carbocycles. The van der Waals surface area contributed by atoms with Gasteiger partial charge in [-0.25, -0.2) is 0 Å². The van der Waals surface area contributed by atoms with Gasteiger partial charge in [0.1, 0.15) is 0 Å². The molecule has 1 fully saturated rings. The molecule has 92 valence electrons. The average Bonchev–Trinajstić information content (AvgIpc) is 2.40. The van der Waals surface area contributed by atoms with Gasteiger partial charge in [-0.15, -0.1) is 0 Å². The lowest BCUT2D eigenvalue weighted by atomic mass is 9.77. The molecule has 0 aromatic heterocycles. The summed E-state index contributed by atoms with van der Waals surface area (Å²) in [6.45, 7) is 1.52. The second-order valence-corrected chi connectivity index (χ2v) is 4.93. The minimum atomic E-state index is 0.385. The van der Waals surface area contributed by atoms with E-state index in [1.54, 1.807) is 0 Å². The van der Waals surface area contributed by atoms with Gasteiger partial charge in [0.05, 0.1) is 0 Å². The number of rotatable bonds is 3. The minimum Gasteiger partial charge on any atom is -0.314 e. The van der Waals surface area contributed by atoms with Gasteiger partial charge in [0.15, 0.2) is 0 Å². The third kappa shape index (κ3) is 2.17. The van der Waals surface area contributed by atoms with E-state index in [2.05, 4.69) is 48.5 Å². The Morgan fingerprint density at radius 2 is 1.28 bits per heavy atom. The van der Waals surface area contributed by atoms with E-state index in [1.807, 2.05) is 12.1 Å². The van der Waals surface area contributed by atoms with Crippen LogP contribution in [0.15, 0.2) is 60.7 Å². The molecule has 0 atom stereocenters. The number of hydroxylamine groups is 2. The van der Waals surface area contributed by atoms with Crippen LogP contribution in [0, 0.1) is 5.92 Å². The molecule has 2 aromatic rings. The first-order valence-corrected chi connectivity index (χ1v) is 6.38. The molecule has 1 N–H and O–H groups in total. The zero-order valence-corrected chi connectivity index (χ0v) is 10.2. The molecule has 0 radical (unpaired) electrons. The quantitative estimate of drug-likeness (QED) is 0.889. The predicted molar refractivity (Wildman–Crippen MR) is 71.6 cm³/mol. The smallest absolute Gasteiger partial charge is 0.0288 e. The van der Waals surface area contributed by atoms with Crippen molar-refractivity contribution in [2.75, 3.05) is 13.1 Å². The SMILES string of the molecule is ON1CC(C(c2ccccc2)c2ccccc2)C1. The van der Waals surface area contributed by atoms with Crippen molar-refractivity contribution in [1.29, 1.82) is 0 Å². The van der Waals surface area contributed by atoms with Gasteiger partial charge in [-0.2, -0.15) is 5.06 Å². The summed E-state index contributed by atoms with van der Waals surface area (Å²) in [5.74, 6) is 0.885. The molecule has 0 amide bonds. The summed E-state index contributed by atoms with van der Waals surface area (Å²) in [5.41, 5.74) is 2.67. The van der Waals surface area contributed by atoms with Crippen molar-refractivity contribution >= 4 is 0 Å². The Kier molecular flexibility index (Phi) is 3.13. The average molecular weight is 239 g/mol. The summed E-state index contributed by atoms with van der Waals surface area (Å²) in [4.78, 5) is 0. The van der Waals surface area contributed by atoms with Crippen LogP contribution in [0.25, 0.3) is 0 Å². The monoisotopic (exact) mass is 239 g/mol. The number of hydrogen-bond acceptors (Lipinski definition) is 2. The van der Waals surface area contributed by atoms with Gasteiger partial charge in [-0.1, -0.05) is 60.7 Å². The topological polar surface area (TPSA) is 23.5 Å². The second kappa shape index (κ2) is 4.92. The molecule has 0 spiro atoms. The van der Waals surface area contributed by atoms with Crippen LogP contribution >= 0.6 is 0 Å². The number of nitrogens with zero attached hydrogens (tertiary/aromatic N) is 1. The highest BCUT2D eigenvalue weighted by Crippen LogP contribution is 2.36. The fraction of sp³-hybridized carbons (Fsp3) is 0.250. The van der Waals surface area contributed by atoms with E-state index >= 15 is 0 Å². The van der Waals surface area contributed by atoms with Gasteiger partial charge in [-0.05, 0) is 17.0 Å². The van der Waals surface area contributed by atoms with E-state index in [9.17, 15) is 5.21 Å². The fourth-order valence-corrected chi connectivity index (χ4v) is 2.76. The summed E-state index contributed by atoms with van der Waals surface area (Å²) in [5, 5.41) is 10.8. The molecular formula is C16H17NO. The Balaban J connectivity index is 1.94. The minimum absolute atomic E-state index is 0.385. The molecule has 1 saturated heterocycles. The van der Waals surface area contributed by atoms with Crippen molar-refractivity contribution in [2.45, 2.75) is 5.92 Å². The van der Waals surface area contributed by atoms with Crippen molar-refractivity contribution in [3.8, 4) is 0 Å². The Morgan fingerprint density at radius 3 is 1.67 bits per heavy atom. The van der Waals surface area contributed by atoms with E-state index in [4.69, 9.17) is 0 Å². The predicted octanol–water partition coefficient (Wildman–Crippen LogP) is 3.14. The summed E-state index contributed by atoms with van der Waals surface area (Å²) in [6.07, 6.45) is 0. The maximum absolute atomic E-state index is 9.39. The van der Waals surface area contributed by atoms with Gasteiger partial charge < -0.3 is 5.21 Å². The van der Waals surface area contributed by atoms with Crippen LogP contribution < -0.4 is 0 Å². The zero-order chi connectivity index (χ0) is 12.4. The molecule has 2 aromatic carbocycles. The Morgan fingerprint density at radius 1 is 0.833 bits per heavy atom. The van der Waals surface area contributed by atoms with Crippen molar-refractivity contribution in [3.63, 3.8) is 0 Å². The first-order valence-electron chi connectivity index (χ1n) is 6.38. The Bertz CT molecular complexity index is 452. The van der Waals surface area contributed by atoms with Crippen LogP contribution in [0.2, 0.25) is 0 Å². The van der Waals surface area contributed by atoms with Gasteiger partial charge in [-0.3, -0.25) is 0 Å². The first kappa shape index (κ1) is 11.5. The molecule has 1 aliphatic heterocycles. The summed E-state index contributed by atoms with van der Waals surface area (Å²) < 4.78 is 0. The highest BCUT2D eigenvalue weighted by atomic mass is 16.5. The molecule has 1 aliphatic rings. The normalized spacial score (nSPS) is 16.8. The summed E-state index contributed by atoms with van der Waals surface area (Å²) in [7, 11) is 0. The van der Waals surface area contributed by atoms with Gasteiger partial charge in [0.2, 0.25) is 0 Å². The number of benzene rings is 2. The van der Waals surface area contributed by atoms with E-state index < -0.39 is 0 Å². The van der Waals surface area contributed by atoms with Crippen molar-refractivity contribution in [3.05, 3.63) is 71.8 Å². The van der Waals surface area contributed by atoms with Crippen molar-refractivity contribution in [1.82, 2.24) is 5.06 Å². The third-order valence-corrected chi connectivity index (χ3v) is 3.68. The van der Waals surface area contributed by atoms with Crippen LogP contribution in [-0.2, 0) is 0 Å². The second-order valence-electron chi connectivity index (χ2n) is 4.93. The molecular weight excluding hydrogens is 222 g/mol. The molecule has 18 heavy (non-hydrogen) atoms. The van der Waals surface area contributed by atoms with Crippen molar-refractivity contribution in [2.24, 2.45) is 5.92 Å². The van der Waals surface area contributed by atoms with E-state index in [-0.39, 0.29) is 0 Å². The van der Waals surface area contributed by atoms with Crippen LogP contribution in [0.1, 0.15) is 17.0 Å². The highest BCUT2D eigenvalue weighted by Gasteiger charge is 2.34. The summed E-state index contributed by atoms with van der Waals surface area (Å²) in [6, 6.07) is 21.1. The lowest BCUT2D eigenvalue weighted by Crippen LogP contribution is -2.47. The molecule has 0 saturated carbocycles.